The second kappa shape index (κ2) is 6.59. The summed E-state index contributed by atoms with van der Waals surface area (Å²) in [6, 6.07) is 1.05. The summed E-state index contributed by atoms with van der Waals surface area (Å²) in [5.41, 5.74) is 0. The summed E-state index contributed by atoms with van der Waals surface area (Å²) in [5.74, 6) is 0. The fourth-order valence-electron chi connectivity index (χ4n) is 2.36. The van der Waals surface area contributed by atoms with Crippen molar-refractivity contribution in [3.8, 4) is 0 Å². The van der Waals surface area contributed by atoms with E-state index in [9.17, 15) is 0 Å². The van der Waals surface area contributed by atoms with E-state index in [-0.39, 0.29) is 6.61 Å². The van der Waals surface area contributed by atoms with Crippen LogP contribution in [0.2, 0.25) is 0 Å². The zero-order valence-electron chi connectivity index (χ0n) is 9.36. The van der Waals surface area contributed by atoms with Gasteiger partial charge in [-0.1, -0.05) is 18.2 Å². The topological polar surface area (TPSA) is 24.7 Å². The molecule has 0 aromatic heterocycles. The van der Waals surface area contributed by atoms with E-state index >= 15 is 0 Å². The minimum absolute atomic E-state index is 0.254. The predicted molar refractivity (Wildman–Crippen MR) is 63.9 cm³/mol. The molecule has 2 nitrogen and oxygen atoms in total. The van der Waals surface area contributed by atoms with Crippen LogP contribution in [0.5, 0.6) is 0 Å². The highest BCUT2D eigenvalue weighted by molar-refractivity contribution is 4.98. The van der Waals surface area contributed by atoms with Crippen molar-refractivity contribution < 1.29 is 10.0 Å². The van der Waals surface area contributed by atoms with Crippen molar-refractivity contribution in [3.05, 3.63) is 37.5 Å². The molecule has 0 radical (unpaired) electrons. The number of aliphatic hydroxyl groups excluding tert-OH is 1. The summed E-state index contributed by atoms with van der Waals surface area (Å²) in [7, 11) is 0. The van der Waals surface area contributed by atoms with Gasteiger partial charge in [-0.15, -0.1) is 13.2 Å². The van der Waals surface area contributed by atoms with Crippen molar-refractivity contribution in [2.45, 2.75) is 31.3 Å². The molecule has 2 heteroatoms. The summed E-state index contributed by atoms with van der Waals surface area (Å²) in [4.78, 5) is 1.47. The van der Waals surface area contributed by atoms with Crippen molar-refractivity contribution in [3.63, 3.8) is 0 Å². The molecular formula is C13H22NO+. The van der Waals surface area contributed by atoms with Crippen LogP contribution in [0.25, 0.3) is 0 Å². The molecule has 0 aromatic rings. The number of aliphatic hydroxyl groups is 1. The normalized spacial score (nSPS) is 30.1. The lowest BCUT2D eigenvalue weighted by atomic mass is 9.98. The van der Waals surface area contributed by atoms with Gasteiger partial charge in [0.1, 0.15) is 12.6 Å². The summed E-state index contributed by atoms with van der Waals surface area (Å²) < 4.78 is 0. The lowest BCUT2D eigenvalue weighted by molar-refractivity contribution is -0.944. The number of rotatable bonds is 6. The number of hydrogen-bond donors (Lipinski definition) is 2. The molecule has 2 N–H and O–H groups in total. The van der Waals surface area contributed by atoms with E-state index in [0.717, 1.165) is 25.8 Å². The van der Waals surface area contributed by atoms with Crippen LogP contribution in [-0.2, 0) is 0 Å². The summed E-state index contributed by atoms with van der Waals surface area (Å²) >= 11 is 0. The molecular weight excluding hydrogens is 186 g/mol. The maximum absolute atomic E-state index is 9.09. The highest BCUT2D eigenvalue weighted by atomic mass is 16.3. The van der Waals surface area contributed by atoms with Gasteiger partial charge >= 0.3 is 0 Å². The first-order valence-electron chi connectivity index (χ1n) is 5.68. The number of quaternary nitrogens is 1. The number of hydrogen-bond acceptors (Lipinski definition) is 1. The molecule has 1 rings (SSSR count). The summed E-state index contributed by atoms with van der Waals surface area (Å²) in [5, 5.41) is 9.09. The Balaban J connectivity index is 2.68. The lowest BCUT2D eigenvalue weighted by Crippen LogP contribution is -3.19. The van der Waals surface area contributed by atoms with Crippen LogP contribution in [0.1, 0.15) is 19.3 Å². The summed E-state index contributed by atoms with van der Waals surface area (Å²) in [6.07, 6.45) is 11.5. The van der Waals surface area contributed by atoms with Crippen LogP contribution in [-0.4, -0.2) is 30.3 Å². The van der Waals surface area contributed by atoms with Crippen molar-refractivity contribution in [1.82, 2.24) is 0 Å². The SMILES string of the molecule is C=CC[C@@H]1CC=C[C@@H](CC=C)[NH+]1CCO. The quantitative estimate of drug-likeness (QED) is 0.618. The minimum atomic E-state index is 0.254. The molecule has 0 aromatic carbocycles. The van der Waals surface area contributed by atoms with Gasteiger partial charge in [0.05, 0.1) is 12.6 Å². The molecule has 0 spiro atoms. The van der Waals surface area contributed by atoms with E-state index in [4.69, 9.17) is 5.11 Å². The Labute approximate surface area is 92.6 Å². The second-order valence-corrected chi connectivity index (χ2v) is 4.06. The fraction of sp³-hybridized carbons (Fsp3) is 0.538. The van der Waals surface area contributed by atoms with E-state index in [1.165, 1.54) is 4.90 Å². The maximum Gasteiger partial charge on any atom is 0.110 e. The molecule has 1 aliphatic heterocycles. The Morgan fingerprint density at radius 3 is 2.67 bits per heavy atom. The molecule has 0 fully saturated rings. The van der Waals surface area contributed by atoms with Gasteiger partial charge in [0.25, 0.3) is 0 Å². The van der Waals surface area contributed by atoms with Gasteiger partial charge < -0.3 is 10.0 Å². The third kappa shape index (κ3) is 3.33. The maximum atomic E-state index is 9.09. The highest BCUT2D eigenvalue weighted by Gasteiger charge is 2.28. The largest absolute Gasteiger partial charge is 0.391 e. The van der Waals surface area contributed by atoms with Gasteiger partial charge in [-0.3, -0.25) is 0 Å². The van der Waals surface area contributed by atoms with Crippen LogP contribution in [0.4, 0.5) is 0 Å². The average Bonchev–Trinajstić information content (AvgIpc) is 2.23. The molecule has 1 aliphatic rings. The van der Waals surface area contributed by atoms with Crippen molar-refractivity contribution in [2.75, 3.05) is 13.2 Å². The Kier molecular flexibility index (Phi) is 5.37. The third-order valence-corrected chi connectivity index (χ3v) is 3.06. The van der Waals surface area contributed by atoms with Gasteiger partial charge in [-0.05, 0) is 6.08 Å². The van der Waals surface area contributed by atoms with Gasteiger partial charge in [-0.25, -0.2) is 0 Å². The van der Waals surface area contributed by atoms with Crippen LogP contribution in [0.3, 0.4) is 0 Å². The molecule has 15 heavy (non-hydrogen) atoms. The molecule has 0 aliphatic carbocycles. The van der Waals surface area contributed by atoms with E-state index in [1.807, 2.05) is 12.2 Å². The minimum Gasteiger partial charge on any atom is -0.391 e. The first-order valence-corrected chi connectivity index (χ1v) is 5.68. The Hall–Kier alpha value is -0.860. The van der Waals surface area contributed by atoms with Crippen LogP contribution >= 0.6 is 0 Å². The Morgan fingerprint density at radius 1 is 1.33 bits per heavy atom. The second-order valence-electron chi connectivity index (χ2n) is 4.06. The van der Waals surface area contributed by atoms with Crippen molar-refractivity contribution in [1.29, 1.82) is 0 Å². The molecule has 0 bridgehead atoms. The molecule has 0 amide bonds. The smallest absolute Gasteiger partial charge is 0.110 e. The Morgan fingerprint density at radius 2 is 2.07 bits per heavy atom. The van der Waals surface area contributed by atoms with E-state index in [0.29, 0.717) is 12.1 Å². The third-order valence-electron chi connectivity index (χ3n) is 3.06. The monoisotopic (exact) mass is 208 g/mol. The molecule has 84 valence electrons. The molecule has 1 unspecified atom stereocenters. The van der Waals surface area contributed by atoms with Gasteiger partial charge in [0.2, 0.25) is 0 Å². The van der Waals surface area contributed by atoms with Crippen molar-refractivity contribution in [2.24, 2.45) is 0 Å². The molecule has 3 atom stereocenters. The predicted octanol–water partition coefficient (Wildman–Crippen LogP) is 0.713. The number of nitrogens with one attached hydrogen (secondary N) is 1. The fourth-order valence-corrected chi connectivity index (χ4v) is 2.36. The summed E-state index contributed by atoms with van der Waals surface area (Å²) in [6.45, 7) is 8.67. The van der Waals surface area contributed by atoms with Crippen LogP contribution < -0.4 is 4.90 Å². The standard InChI is InChI=1S/C13H21NO/c1-3-6-12-8-5-9-13(7-4-2)14(12)10-11-15/h3-5,8,12-13,15H,1-2,6-7,9-11H2/p+1/t12-,13-/m1/s1. The molecule has 1 heterocycles. The van der Waals surface area contributed by atoms with Gasteiger partial charge in [-0.2, -0.15) is 0 Å². The van der Waals surface area contributed by atoms with Crippen LogP contribution in [0, 0.1) is 0 Å². The average molecular weight is 208 g/mol. The first kappa shape index (κ1) is 12.2. The van der Waals surface area contributed by atoms with E-state index in [1.54, 1.807) is 0 Å². The first-order chi connectivity index (χ1) is 7.33. The van der Waals surface area contributed by atoms with Crippen LogP contribution in [0.15, 0.2) is 37.5 Å². The van der Waals surface area contributed by atoms with E-state index in [2.05, 4.69) is 25.3 Å². The highest BCUT2D eigenvalue weighted by Crippen LogP contribution is 2.06. The van der Waals surface area contributed by atoms with E-state index < -0.39 is 0 Å². The zero-order valence-corrected chi connectivity index (χ0v) is 9.36. The lowest BCUT2D eigenvalue weighted by Gasteiger charge is -2.35. The van der Waals surface area contributed by atoms with Crippen molar-refractivity contribution >= 4 is 0 Å². The van der Waals surface area contributed by atoms with Gasteiger partial charge in [0, 0.05) is 19.3 Å². The Bertz CT molecular complexity index is 235. The van der Waals surface area contributed by atoms with Gasteiger partial charge in [0.15, 0.2) is 0 Å². The molecule has 0 saturated heterocycles. The zero-order chi connectivity index (χ0) is 11.1. The molecule has 0 saturated carbocycles.